The van der Waals surface area contributed by atoms with Crippen molar-refractivity contribution in [3.63, 3.8) is 0 Å². The third kappa shape index (κ3) is 2.83. The van der Waals surface area contributed by atoms with Crippen LogP contribution < -0.4 is 0 Å². The van der Waals surface area contributed by atoms with Crippen LogP contribution >= 0.6 is 0 Å². The van der Waals surface area contributed by atoms with E-state index >= 15 is 0 Å². The Kier molecular flexibility index (Phi) is 5.53. The Morgan fingerprint density at radius 2 is 1.64 bits per heavy atom. The number of carbonyl (C=O) groups excluding carboxylic acids is 1. The minimum absolute atomic E-state index is 0. The van der Waals surface area contributed by atoms with Crippen LogP contribution in [-0.2, 0) is 0 Å². The fraction of sp³-hybridized carbons (Fsp3) is 0.364. The van der Waals surface area contributed by atoms with Gasteiger partial charge in [0.1, 0.15) is 0 Å². The molecule has 1 aromatic rings. The fourth-order valence-electron chi connectivity index (χ4n) is 1.27. The lowest BCUT2D eigenvalue weighted by atomic mass is 10.2. The summed E-state index contributed by atoms with van der Waals surface area (Å²) in [6, 6.07) is 9.38. The molecule has 0 bridgehead atoms. The first-order valence-corrected chi connectivity index (χ1v) is 4.64. The van der Waals surface area contributed by atoms with Crippen molar-refractivity contribution in [3.8, 4) is 0 Å². The van der Waals surface area contributed by atoms with E-state index in [9.17, 15) is 4.79 Å². The monoisotopic (exact) mass is 197 g/mol. The van der Waals surface area contributed by atoms with Gasteiger partial charge in [0.15, 0.2) is 0 Å². The number of hydrogen-bond donors (Lipinski definition) is 0. The molecule has 1 aromatic carbocycles. The molecular formula is C11H16FNO. The predicted octanol–water partition coefficient (Wildman–Crippen LogP) is 2.32. The SMILES string of the molecule is CCN(CC)C(=O)c1ccccc1.F. The van der Waals surface area contributed by atoms with Crippen LogP contribution in [0.25, 0.3) is 0 Å². The van der Waals surface area contributed by atoms with E-state index in [1.54, 1.807) is 0 Å². The normalized spacial score (nSPS) is 9.00. The first-order valence-electron chi connectivity index (χ1n) is 4.64. The zero-order valence-corrected chi connectivity index (χ0v) is 8.56. The fourth-order valence-corrected chi connectivity index (χ4v) is 1.27. The number of amides is 1. The van der Waals surface area contributed by atoms with Gasteiger partial charge in [-0.25, -0.2) is 0 Å². The van der Waals surface area contributed by atoms with Gasteiger partial charge in [0, 0.05) is 18.7 Å². The van der Waals surface area contributed by atoms with E-state index in [-0.39, 0.29) is 10.6 Å². The number of hydrogen-bond acceptors (Lipinski definition) is 1. The predicted molar refractivity (Wildman–Crippen MR) is 56.2 cm³/mol. The molecule has 2 nitrogen and oxygen atoms in total. The molecule has 0 unspecified atom stereocenters. The number of benzene rings is 1. The third-order valence-electron chi connectivity index (χ3n) is 2.07. The Hall–Kier alpha value is -1.38. The molecule has 1 rings (SSSR count). The van der Waals surface area contributed by atoms with Gasteiger partial charge in [0.05, 0.1) is 0 Å². The standard InChI is InChI=1S/C11H15NO.FH/c1-3-12(4-2)11(13)10-8-6-5-7-9-10;/h5-9H,3-4H2,1-2H3;1H. The Balaban J connectivity index is 0.00000169. The average Bonchev–Trinajstić information content (AvgIpc) is 2.21. The summed E-state index contributed by atoms with van der Waals surface area (Å²) >= 11 is 0. The zero-order chi connectivity index (χ0) is 9.68. The molecule has 0 spiro atoms. The van der Waals surface area contributed by atoms with Crippen LogP contribution in [0.4, 0.5) is 4.70 Å². The maximum Gasteiger partial charge on any atom is 0.253 e. The van der Waals surface area contributed by atoms with Crippen LogP contribution in [-0.4, -0.2) is 23.9 Å². The summed E-state index contributed by atoms with van der Waals surface area (Å²) in [6.07, 6.45) is 0. The molecular weight excluding hydrogens is 181 g/mol. The van der Waals surface area contributed by atoms with Gasteiger partial charge in [0.2, 0.25) is 0 Å². The molecule has 0 aliphatic heterocycles. The summed E-state index contributed by atoms with van der Waals surface area (Å²) in [5, 5.41) is 0. The first kappa shape index (κ1) is 12.6. The summed E-state index contributed by atoms with van der Waals surface area (Å²) in [5.41, 5.74) is 0.770. The van der Waals surface area contributed by atoms with Gasteiger partial charge >= 0.3 is 0 Å². The molecule has 0 heterocycles. The Morgan fingerprint density at radius 1 is 1.14 bits per heavy atom. The second-order valence-electron chi connectivity index (χ2n) is 2.84. The Morgan fingerprint density at radius 3 is 2.07 bits per heavy atom. The van der Waals surface area contributed by atoms with Crippen LogP contribution in [0, 0.1) is 0 Å². The molecule has 0 aromatic heterocycles. The topological polar surface area (TPSA) is 20.3 Å². The van der Waals surface area contributed by atoms with Gasteiger partial charge in [-0.2, -0.15) is 0 Å². The number of rotatable bonds is 3. The van der Waals surface area contributed by atoms with E-state index in [0.717, 1.165) is 18.7 Å². The van der Waals surface area contributed by atoms with Crippen LogP contribution in [0.15, 0.2) is 30.3 Å². The number of halogens is 1. The minimum atomic E-state index is 0. The van der Waals surface area contributed by atoms with Crippen molar-refractivity contribution in [3.05, 3.63) is 35.9 Å². The van der Waals surface area contributed by atoms with E-state index in [4.69, 9.17) is 0 Å². The molecule has 0 N–H and O–H groups in total. The third-order valence-corrected chi connectivity index (χ3v) is 2.07. The van der Waals surface area contributed by atoms with E-state index in [1.807, 2.05) is 49.1 Å². The summed E-state index contributed by atoms with van der Waals surface area (Å²) in [5.74, 6) is 0.116. The van der Waals surface area contributed by atoms with Crippen molar-refractivity contribution < 1.29 is 9.50 Å². The second kappa shape index (κ2) is 6.13. The van der Waals surface area contributed by atoms with Crippen molar-refractivity contribution in [2.45, 2.75) is 13.8 Å². The highest BCUT2D eigenvalue weighted by Crippen LogP contribution is 2.03. The molecule has 78 valence electrons. The summed E-state index contributed by atoms with van der Waals surface area (Å²) < 4.78 is 0. The van der Waals surface area contributed by atoms with Crippen molar-refractivity contribution in [2.24, 2.45) is 0 Å². The lowest BCUT2D eigenvalue weighted by Crippen LogP contribution is -2.30. The van der Waals surface area contributed by atoms with Crippen molar-refractivity contribution >= 4 is 5.91 Å². The van der Waals surface area contributed by atoms with Crippen LogP contribution in [0.2, 0.25) is 0 Å². The van der Waals surface area contributed by atoms with Crippen molar-refractivity contribution in [1.29, 1.82) is 0 Å². The molecule has 14 heavy (non-hydrogen) atoms. The highest BCUT2D eigenvalue weighted by Gasteiger charge is 2.10. The quantitative estimate of drug-likeness (QED) is 0.728. The van der Waals surface area contributed by atoms with Crippen molar-refractivity contribution in [2.75, 3.05) is 13.1 Å². The molecule has 0 atom stereocenters. The smallest absolute Gasteiger partial charge is 0.253 e. The van der Waals surface area contributed by atoms with Gasteiger partial charge in [-0.1, -0.05) is 18.2 Å². The van der Waals surface area contributed by atoms with E-state index in [0.29, 0.717) is 0 Å². The summed E-state index contributed by atoms with van der Waals surface area (Å²) in [7, 11) is 0. The van der Waals surface area contributed by atoms with Gasteiger partial charge in [0.25, 0.3) is 5.91 Å². The molecule has 0 aliphatic carbocycles. The minimum Gasteiger partial charge on any atom is -0.339 e. The van der Waals surface area contributed by atoms with Crippen LogP contribution in [0.5, 0.6) is 0 Å². The lowest BCUT2D eigenvalue weighted by Gasteiger charge is -2.18. The van der Waals surface area contributed by atoms with Crippen molar-refractivity contribution in [1.82, 2.24) is 4.90 Å². The molecule has 0 saturated heterocycles. The number of carbonyl (C=O) groups is 1. The van der Waals surface area contributed by atoms with E-state index < -0.39 is 0 Å². The largest absolute Gasteiger partial charge is 0.339 e. The van der Waals surface area contributed by atoms with E-state index in [1.165, 1.54) is 0 Å². The molecule has 0 saturated carbocycles. The maximum atomic E-state index is 11.7. The first-order chi connectivity index (χ1) is 6.29. The van der Waals surface area contributed by atoms with Gasteiger partial charge in [-0.3, -0.25) is 9.50 Å². The number of nitrogens with zero attached hydrogens (tertiary/aromatic N) is 1. The summed E-state index contributed by atoms with van der Waals surface area (Å²) in [4.78, 5) is 13.5. The molecule has 1 amide bonds. The molecule has 0 fully saturated rings. The van der Waals surface area contributed by atoms with Gasteiger partial charge < -0.3 is 4.90 Å². The maximum absolute atomic E-state index is 11.7. The average molecular weight is 197 g/mol. The van der Waals surface area contributed by atoms with Gasteiger partial charge in [-0.05, 0) is 26.0 Å². The van der Waals surface area contributed by atoms with E-state index in [2.05, 4.69) is 0 Å². The van der Waals surface area contributed by atoms with Gasteiger partial charge in [-0.15, -0.1) is 0 Å². The highest BCUT2D eigenvalue weighted by atomic mass is 19.0. The second-order valence-corrected chi connectivity index (χ2v) is 2.84. The zero-order valence-electron chi connectivity index (χ0n) is 8.56. The van der Waals surface area contributed by atoms with Crippen LogP contribution in [0.3, 0.4) is 0 Å². The van der Waals surface area contributed by atoms with Crippen LogP contribution in [0.1, 0.15) is 24.2 Å². The Bertz CT molecular complexity index is 270. The highest BCUT2D eigenvalue weighted by molar-refractivity contribution is 5.94. The summed E-state index contributed by atoms with van der Waals surface area (Å²) in [6.45, 7) is 5.52. The lowest BCUT2D eigenvalue weighted by molar-refractivity contribution is 0.0773. The molecule has 0 radical (unpaired) electrons. The molecule has 3 heteroatoms. The molecule has 0 aliphatic rings. The Labute approximate surface area is 83.9 Å².